The molecule has 0 radical (unpaired) electrons. The third-order valence-corrected chi connectivity index (χ3v) is 1.56. The quantitative estimate of drug-likeness (QED) is 0.499. The molecule has 0 spiro atoms. The van der Waals surface area contributed by atoms with Crippen LogP contribution in [-0.2, 0) is 0 Å². The van der Waals surface area contributed by atoms with Crippen molar-refractivity contribution in [3.05, 3.63) is 23.9 Å². The van der Waals surface area contributed by atoms with E-state index in [1.807, 2.05) is 0 Å². The van der Waals surface area contributed by atoms with Crippen molar-refractivity contribution >= 4 is 11.7 Å². The molecule has 3 N–H and O–H groups in total. The Morgan fingerprint density at radius 3 is 2.62 bits per heavy atom. The van der Waals surface area contributed by atoms with E-state index in [9.17, 15) is 4.79 Å². The van der Waals surface area contributed by atoms with Gasteiger partial charge in [-0.3, -0.25) is 4.79 Å². The molecule has 0 atom stereocenters. The zero-order chi connectivity index (χ0) is 9.84. The number of hydrogen-bond donors (Lipinski definition) is 2. The Bertz CT molecular complexity index is 294. The zero-order valence-corrected chi connectivity index (χ0v) is 7.61. The van der Waals surface area contributed by atoms with Crippen molar-refractivity contribution in [1.29, 1.82) is 0 Å². The summed E-state index contributed by atoms with van der Waals surface area (Å²) in [4.78, 5) is 16.8. The summed E-state index contributed by atoms with van der Waals surface area (Å²) >= 11 is 0. The van der Waals surface area contributed by atoms with Gasteiger partial charge in [-0.05, 0) is 12.1 Å². The fourth-order valence-electron chi connectivity index (χ4n) is 0.864. The second kappa shape index (κ2) is 3.86. The molecule has 1 heterocycles. The molecule has 1 aromatic rings. The van der Waals surface area contributed by atoms with E-state index in [2.05, 4.69) is 10.4 Å². The van der Waals surface area contributed by atoms with Crippen LogP contribution >= 0.6 is 0 Å². The topological polar surface area (TPSA) is 71.2 Å². The number of hydrogen-bond acceptors (Lipinski definition) is 4. The molecule has 0 aliphatic heterocycles. The summed E-state index contributed by atoms with van der Waals surface area (Å²) in [5.41, 5.74) is 2.93. The molecule has 5 nitrogen and oxygen atoms in total. The normalized spacial score (nSPS) is 9.46. The lowest BCUT2D eigenvalue weighted by molar-refractivity contribution is 0.0827. The molecular formula is C8H12N4O. The Morgan fingerprint density at radius 2 is 2.23 bits per heavy atom. The fraction of sp³-hybridized carbons (Fsp3) is 0.250. The molecule has 0 aliphatic carbocycles. The second-order valence-corrected chi connectivity index (χ2v) is 2.78. The van der Waals surface area contributed by atoms with Gasteiger partial charge < -0.3 is 10.3 Å². The van der Waals surface area contributed by atoms with Crippen molar-refractivity contribution in [2.75, 3.05) is 19.5 Å². The van der Waals surface area contributed by atoms with Crippen LogP contribution in [0.15, 0.2) is 18.3 Å². The van der Waals surface area contributed by atoms with E-state index in [0.717, 1.165) is 0 Å². The molecule has 1 rings (SSSR count). The first-order valence-electron chi connectivity index (χ1n) is 3.79. The predicted octanol–water partition coefficient (Wildman–Crippen LogP) is 0.0690. The van der Waals surface area contributed by atoms with Gasteiger partial charge in [0.25, 0.3) is 5.91 Å². The molecule has 0 saturated carbocycles. The van der Waals surface area contributed by atoms with Crippen LogP contribution in [0.2, 0.25) is 0 Å². The molecule has 0 saturated heterocycles. The molecule has 0 fully saturated rings. The van der Waals surface area contributed by atoms with E-state index in [1.54, 1.807) is 26.2 Å². The van der Waals surface area contributed by atoms with E-state index in [0.29, 0.717) is 11.4 Å². The van der Waals surface area contributed by atoms with Crippen LogP contribution in [0.3, 0.4) is 0 Å². The first-order chi connectivity index (χ1) is 6.15. The number of nitrogens with two attached hydrogens (primary N) is 1. The van der Waals surface area contributed by atoms with Gasteiger partial charge in [-0.1, -0.05) is 0 Å². The van der Waals surface area contributed by atoms with Gasteiger partial charge in [0.05, 0.1) is 5.56 Å². The minimum atomic E-state index is -0.0731. The number of rotatable bonds is 2. The predicted molar refractivity (Wildman–Crippen MR) is 50.1 cm³/mol. The highest BCUT2D eigenvalue weighted by atomic mass is 16.2. The van der Waals surface area contributed by atoms with E-state index in [4.69, 9.17) is 5.84 Å². The molecule has 70 valence electrons. The standard InChI is InChI=1S/C8H12N4O/c1-12(2)8(13)6-3-4-7(11-9)10-5-6/h3-5H,9H2,1-2H3,(H,10,11). The highest BCUT2D eigenvalue weighted by Crippen LogP contribution is 2.04. The number of nitrogens with one attached hydrogen (secondary N) is 1. The monoisotopic (exact) mass is 180 g/mol. The molecule has 0 aromatic carbocycles. The largest absolute Gasteiger partial charge is 0.345 e. The SMILES string of the molecule is CN(C)C(=O)c1ccc(NN)nc1. The summed E-state index contributed by atoms with van der Waals surface area (Å²) in [6.45, 7) is 0. The van der Waals surface area contributed by atoms with E-state index in [-0.39, 0.29) is 5.91 Å². The number of nitrogen functional groups attached to an aromatic ring is 1. The second-order valence-electron chi connectivity index (χ2n) is 2.78. The van der Waals surface area contributed by atoms with Crippen LogP contribution in [0.4, 0.5) is 5.82 Å². The molecule has 5 heteroatoms. The third kappa shape index (κ3) is 2.16. The van der Waals surface area contributed by atoms with Gasteiger partial charge in [-0.25, -0.2) is 10.8 Å². The van der Waals surface area contributed by atoms with E-state index < -0.39 is 0 Å². The Kier molecular flexibility index (Phi) is 2.81. The van der Waals surface area contributed by atoms with Crippen molar-refractivity contribution in [3.63, 3.8) is 0 Å². The first-order valence-corrected chi connectivity index (χ1v) is 3.79. The maximum Gasteiger partial charge on any atom is 0.254 e. The number of amides is 1. The lowest BCUT2D eigenvalue weighted by Crippen LogP contribution is -2.21. The molecule has 0 bridgehead atoms. The summed E-state index contributed by atoms with van der Waals surface area (Å²) in [5, 5.41) is 0. The number of hydrazine groups is 1. The number of carbonyl (C=O) groups excluding carboxylic acids is 1. The van der Waals surface area contributed by atoms with Gasteiger partial charge in [0, 0.05) is 20.3 Å². The third-order valence-electron chi connectivity index (χ3n) is 1.56. The van der Waals surface area contributed by atoms with E-state index >= 15 is 0 Å². The number of aromatic nitrogens is 1. The molecule has 0 unspecified atom stereocenters. The minimum Gasteiger partial charge on any atom is -0.345 e. The Labute approximate surface area is 76.5 Å². The van der Waals surface area contributed by atoms with Crippen LogP contribution in [0.1, 0.15) is 10.4 Å². The molecule has 1 amide bonds. The zero-order valence-electron chi connectivity index (χ0n) is 7.61. The fourth-order valence-corrected chi connectivity index (χ4v) is 0.864. The van der Waals surface area contributed by atoms with Gasteiger partial charge in [0.15, 0.2) is 0 Å². The van der Waals surface area contributed by atoms with Crippen LogP contribution < -0.4 is 11.3 Å². The first kappa shape index (κ1) is 9.47. The number of anilines is 1. The average molecular weight is 180 g/mol. The van der Waals surface area contributed by atoms with Crippen molar-refractivity contribution < 1.29 is 4.79 Å². The van der Waals surface area contributed by atoms with Crippen LogP contribution in [0.25, 0.3) is 0 Å². The molecule has 0 aliphatic rings. The maximum atomic E-state index is 11.4. The lowest BCUT2D eigenvalue weighted by Gasteiger charge is -2.09. The summed E-state index contributed by atoms with van der Waals surface area (Å²) in [7, 11) is 3.38. The van der Waals surface area contributed by atoms with Crippen LogP contribution in [0, 0.1) is 0 Å². The minimum absolute atomic E-state index is 0.0731. The molecular weight excluding hydrogens is 168 g/mol. The Balaban J connectivity index is 2.86. The van der Waals surface area contributed by atoms with Gasteiger partial charge >= 0.3 is 0 Å². The Hall–Kier alpha value is -1.62. The van der Waals surface area contributed by atoms with Crippen molar-refractivity contribution in [3.8, 4) is 0 Å². The summed E-state index contributed by atoms with van der Waals surface area (Å²) < 4.78 is 0. The van der Waals surface area contributed by atoms with Crippen LogP contribution in [0.5, 0.6) is 0 Å². The smallest absolute Gasteiger partial charge is 0.254 e. The van der Waals surface area contributed by atoms with Crippen molar-refractivity contribution in [1.82, 2.24) is 9.88 Å². The highest BCUT2D eigenvalue weighted by molar-refractivity contribution is 5.93. The van der Waals surface area contributed by atoms with Gasteiger partial charge in [-0.2, -0.15) is 0 Å². The van der Waals surface area contributed by atoms with Gasteiger partial charge in [0.2, 0.25) is 0 Å². The van der Waals surface area contributed by atoms with Crippen molar-refractivity contribution in [2.24, 2.45) is 5.84 Å². The summed E-state index contributed by atoms with van der Waals surface area (Å²) in [6, 6.07) is 3.32. The maximum absolute atomic E-state index is 11.4. The average Bonchev–Trinajstić information content (AvgIpc) is 2.17. The molecule has 1 aromatic heterocycles. The van der Waals surface area contributed by atoms with Crippen molar-refractivity contribution in [2.45, 2.75) is 0 Å². The highest BCUT2D eigenvalue weighted by Gasteiger charge is 2.07. The number of nitrogens with zero attached hydrogens (tertiary/aromatic N) is 2. The Morgan fingerprint density at radius 1 is 1.54 bits per heavy atom. The van der Waals surface area contributed by atoms with Gasteiger partial charge in [0.1, 0.15) is 5.82 Å². The summed E-state index contributed by atoms with van der Waals surface area (Å²) in [5.74, 6) is 5.59. The number of carbonyl (C=O) groups is 1. The number of pyridine rings is 1. The van der Waals surface area contributed by atoms with Crippen LogP contribution in [-0.4, -0.2) is 29.9 Å². The lowest BCUT2D eigenvalue weighted by atomic mass is 10.2. The van der Waals surface area contributed by atoms with Gasteiger partial charge in [-0.15, -0.1) is 0 Å². The summed E-state index contributed by atoms with van der Waals surface area (Å²) in [6.07, 6.45) is 1.48. The molecule has 13 heavy (non-hydrogen) atoms. The van der Waals surface area contributed by atoms with E-state index in [1.165, 1.54) is 11.1 Å².